The molecule has 0 rings (SSSR count). The SMILES string of the molecule is CCC(CO)CN(C)CCCC(C)C. The molecule has 86 valence electrons. The third-order valence-corrected chi connectivity index (χ3v) is 2.73. The van der Waals surface area contributed by atoms with E-state index in [4.69, 9.17) is 5.11 Å². The molecule has 2 nitrogen and oxygen atoms in total. The second-order valence-electron chi connectivity index (χ2n) is 4.76. The molecule has 0 aromatic carbocycles. The molecule has 0 amide bonds. The van der Waals surface area contributed by atoms with Gasteiger partial charge >= 0.3 is 0 Å². The minimum Gasteiger partial charge on any atom is -0.396 e. The highest BCUT2D eigenvalue weighted by Crippen LogP contribution is 2.07. The molecule has 1 atom stereocenters. The van der Waals surface area contributed by atoms with E-state index in [-0.39, 0.29) is 0 Å². The molecule has 0 radical (unpaired) electrons. The fraction of sp³-hybridized carbons (Fsp3) is 1.00. The molecule has 0 heterocycles. The number of nitrogens with zero attached hydrogens (tertiary/aromatic N) is 1. The van der Waals surface area contributed by atoms with Crippen LogP contribution >= 0.6 is 0 Å². The lowest BCUT2D eigenvalue weighted by Gasteiger charge is -2.21. The summed E-state index contributed by atoms with van der Waals surface area (Å²) >= 11 is 0. The molecular weight excluding hydrogens is 174 g/mol. The molecule has 0 aromatic rings. The van der Waals surface area contributed by atoms with Crippen molar-refractivity contribution in [1.29, 1.82) is 0 Å². The van der Waals surface area contributed by atoms with Crippen LogP contribution in [0.5, 0.6) is 0 Å². The predicted octanol–water partition coefficient (Wildman–Crippen LogP) is 2.37. The normalized spacial score (nSPS) is 13.9. The highest BCUT2D eigenvalue weighted by atomic mass is 16.3. The lowest BCUT2D eigenvalue weighted by atomic mass is 10.1. The van der Waals surface area contributed by atoms with E-state index in [0.717, 1.165) is 25.4 Å². The Kier molecular flexibility index (Phi) is 8.20. The summed E-state index contributed by atoms with van der Waals surface area (Å²) in [5.74, 6) is 1.27. The molecular formula is C12H27NO. The Hall–Kier alpha value is -0.0800. The van der Waals surface area contributed by atoms with Crippen LogP contribution in [-0.4, -0.2) is 36.8 Å². The zero-order valence-electron chi connectivity index (χ0n) is 10.3. The largest absolute Gasteiger partial charge is 0.396 e. The van der Waals surface area contributed by atoms with E-state index in [1.807, 2.05) is 0 Å². The van der Waals surface area contributed by atoms with E-state index in [2.05, 4.69) is 32.7 Å². The molecule has 0 fully saturated rings. The van der Waals surface area contributed by atoms with Crippen LogP contribution in [0.2, 0.25) is 0 Å². The first-order valence-electron chi connectivity index (χ1n) is 5.89. The molecule has 0 aliphatic heterocycles. The van der Waals surface area contributed by atoms with Crippen LogP contribution in [0.1, 0.15) is 40.0 Å². The molecule has 0 aliphatic carbocycles. The van der Waals surface area contributed by atoms with Gasteiger partial charge in [0.1, 0.15) is 0 Å². The average molecular weight is 201 g/mol. The van der Waals surface area contributed by atoms with Crippen molar-refractivity contribution in [1.82, 2.24) is 4.90 Å². The van der Waals surface area contributed by atoms with Crippen molar-refractivity contribution in [3.63, 3.8) is 0 Å². The molecule has 0 aliphatic rings. The fourth-order valence-electron chi connectivity index (χ4n) is 1.62. The summed E-state index contributed by atoms with van der Waals surface area (Å²) in [6.45, 7) is 9.19. The van der Waals surface area contributed by atoms with Gasteiger partial charge in [-0.15, -0.1) is 0 Å². The van der Waals surface area contributed by atoms with Crippen molar-refractivity contribution in [3.05, 3.63) is 0 Å². The van der Waals surface area contributed by atoms with Gasteiger partial charge in [-0.2, -0.15) is 0 Å². The lowest BCUT2D eigenvalue weighted by Crippen LogP contribution is -2.28. The van der Waals surface area contributed by atoms with Gasteiger partial charge in [-0.3, -0.25) is 0 Å². The monoisotopic (exact) mass is 201 g/mol. The quantitative estimate of drug-likeness (QED) is 0.652. The van der Waals surface area contributed by atoms with Crippen molar-refractivity contribution >= 4 is 0 Å². The third-order valence-electron chi connectivity index (χ3n) is 2.73. The highest BCUT2D eigenvalue weighted by molar-refractivity contribution is 4.61. The highest BCUT2D eigenvalue weighted by Gasteiger charge is 2.08. The minimum absolute atomic E-state index is 0.324. The molecule has 14 heavy (non-hydrogen) atoms. The van der Waals surface area contributed by atoms with Gasteiger partial charge in [-0.25, -0.2) is 0 Å². The Morgan fingerprint density at radius 3 is 2.36 bits per heavy atom. The minimum atomic E-state index is 0.324. The lowest BCUT2D eigenvalue weighted by molar-refractivity contribution is 0.174. The number of hydrogen-bond donors (Lipinski definition) is 1. The standard InChI is InChI=1S/C12H27NO/c1-5-12(10-14)9-13(4)8-6-7-11(2)3/h11-12,14H,5-10H2,1-4H3. The predicted molar refractivity (Wildman–Crippen MR) is 62.4 cm³/mol. The topological polar surface area (TPSA) is 23.5 Å². The molecule has 0 saturated carbocycles. The maximum absolute atomic E-state index is 9.06. The summed E-state index contributed by atoms with van der Waals surface area (Å²) in [7, 11) is 2.15. The summed E-state index contributed by atoms with van der Waals surface area (Å²) in [6, 6.07) is 0. The molecule has 1 unspecified atom stereocenters. The first kappa shape index (κ1) is 13.9. The number of rotatable bonds is 8. The Bertz CT molecular complexity index is 121. The van der Waals surface area contributed by atoms with Gasteiger partial charge in [-0.05, 0) is 44.7 Å². The van der Waals surface area contributed by atoms with Gasteiger partial charge in [0.25, 0.3) is 0 Å². The summed E-state index contributed by atoms with van der Waals surface area (Å²) in [6.07, 6.45) is 3.65. The van der Waals surface area contributed by atoms with Crippen molar-refractivity contribution in [2.24, 2.45) is 11.8 Å². The van der Waals surface area contributed by atoms with Crippen LogP contribution in [0.15, 0.2) is 0 Å². The van der Waals surface area contributed by atoms with Crippen LogP contribution in [0.25, 0.3) is 0 Å². The molecule has 0 saturated heterocycles. The third kappa shape index (κ3) is 7.34. The van der Waals surface area contributed by atoms with Gasteiger partial charge in [0.15, 0.2) is 0 Å². The summed E-state index contributed by atoms with van der Waals surface area (Å²) in [5, 5.41) is 9.06. The Morgan fingerprint density at radius 2 is 1.93 bits per heavy atom. The van der Waals surface area contributed by atoms with Crippen LogP contribution in [0.3, 0.4) is 0 Å². The van der Waals surface area contributed by atoms with Gasteiger partial charge in [0, 0.05) is 13.2 Å². The van der Waals surface area contributed by atoms with Gasteiger partial charge in [-0.1, -0.05) is 20.8 Å². The number of hydrogen-bond acceptors (Lipinski definition) is 2. The van der Waals surface area contributed by atoms with Gasteiger partial charge < -0.3 is 10.0 Å². The molecule has 0 aromatic heterocycles. The van der Waals surface area contributed by atoms with Crippen LogP contribution in [-0.2, 0) is 0 Å². The Balaban J connectivity index is 3.48. The van der Waals surface area contributed by atoms with Crippen molar-refractivity contribution in [2.75, 3.05) is 26.7 Å². The maximum Gasteiger partial charge on any atom is 0.0471 e. The summed E-state index contributed by atoms with van der Waals surface area (Å²) < 4.78 is 0. The van der Waals surface area contributed by atoms with Crippen molar-refractivity contribution in [3.8, 4) is 0 Å². The van der Waals surface area contributed by atoms with Gasteiger partial charge in [0.05, 0.1) is 0 Å². The summed E-state index contributed by atoms with van der Waals surface area (Å²) in [4.78, 5) is 2.34. The molecule has 1 N–H and O–H groups in total. The molecule has 0 bridgehead atoms. The Labute approximate surface area is 89.3 Å². The first-order valence-corrected chi connectivity index (χ1v) is 5.89. The number of aliphatic hydroxyl groups is 1. The van der Waals surface area contributed by atoms with Crippen LogP contribution < -0.4 is 0 Å². The van der Waals surface area contributed by atoms with E-state index in [1.54, 1.807) is 0 Å². The summed E-state index contributed by atoms with van der Waals surface area (Å²) in [5.41, 5.74) is 0. The van der Waals surface area contributed by atoms with Crippen LogP contribution in [0.4, 0.5) is 0 Å². The van der Waals surface area contributed by atoms with E-state index in [9.17, 15) is 0 Å². The fourth-order valence-corrected chi connectivity index (χ4v) is 1.62. The maximum atomic E-state index is 9.06. The molecule has 0 spiro atoms. The van der Waals surface area contributed by atoms with Gasteiger partial charge in [0.2, 0.25) is 0 Å². The van der Waals surface area contributed by atoms with E-state index in [0.29, 0.717) is 12.5 Å². The number of aliphatic hydroxyl groups excluding tert-OH is 1. The second-order valence-corrected chi connectivity index (χ2v) is 4.76. The average Bonchev–Trinajstić information content (AvgIpc) is 2.13. The first-order chi connectivity index (χ1) is 6.60. The Morgan fingerprint density at radius 1 is 1.29 bits per heavy atom. The van der Waals surface area contributed by atoms with Crippen molar-refractivity contribution in [2.45, 2.75) is 40.0 Å². The van der Waals surface area contributed by atoms with Crippen LogP contribution in [0, 0.1) is 11.8 Å². The van der Waals surface area contributed by atoms with E-state index >= 15 is 0 Å². The van der Waals surface area contributed by atoms with E-state index < -0.39 is 0 Å². The second kappa shape index (κ2) is 8.25. The zero-order chi connectivity index (χ0) is 11.0. The zero-order valence-corrected chi connectivity index (χ0v) is 10.3. The van der Waals surface area contributed by atoms with Crippen molar-refractivity contribution < 1.29 is 5.11 Å². The van der Waals surface area contributed by atoms with E-state index in [1.165, 1.54) is 12.8 Å². The smallest absolute Gasteiger partial charge is 0.0471 e. The molecule has 2 heteroatoms.